The molecule has 1 fully saturated rings. The molecule has 4 rings (SSSR count). The van der Waals surface area contributed by atoms with Crippen LogP contribution in [0.5, 0.6) is 5.75 Å². The molecule has 1 heterocycles. The van der Waals surface area contributed by atoms with Crippen LogP contribution in [-0.2, 0) is 20.9 Å². The second-order valence-electron chi connectivity index (χ2n) is 7.48. The predicted molar refractivity (Wildman–Crippen MR) is 134 cm³/mol. The number of benzene rings is 3. The number of halogens is 2. The van der Waals surface area contributed by atoms with Crippen molar-refractivity contribution in [2.75, 3.05) is 11.5 Å². The zero-order chi connectivity index (χ0) is 23.4. The van der Waals surface area contributed by atoms with E-state index < -0.39 is 17.9 Å². The van der Waals surface area contributed by atoms with Crippen LogP contribution in [0.15, 0.2) is 78.9 Å². The number of carbonyl (C=O) groups excluding carboxylic acids is 3. The molecular weight excluding hydrogens is 555 g/mol. The lowest BCUT2D eigenvalue weighted by molar-refractivity contribution is -0.140. The third-order valence-corrected chi connectivity index (χ3v) is 6.40. The molecule has 3 aromatic carbocycles. The number of hydrogen-bond donors (Lipinski definition) is 0. The smallest absolute Gasteiger partial charge is 0.261 e. The van der Waals surface area contributed by atoms with Crippen molar-refractivity contribution in [3.05, 3.63) is 93.0 Å². The van der Waals surface area contributed by atoms with E-state index in [1.807, 2.05) is 24.3 Å². The van der Waals surface area contributed by atoms with Gasteiger partial charge in [0.2, 0.25) is 5.91 Å². The Morgan fingerprint density at radius 3 is 2.36 bits per heavy atom. The molecule has 3 aromatic rings. The van der Waals surface area contributed by atoms with Crippen molar-refractivity contribution in [2.24, 2.45) is 0 Å². The Morgan fingerprint density at radius 1 is 1.00 bits per heavy atom. The summed E-state index contributed by atoms with van der Waals surface area (Å²) >= 11 is 8.48. The molecule has 1 aliphatic heterocycles. The quantitative estimate of drug-likeness (QED) is 0.304. The first-order chi connectivity index (χ1) is 15.9. The summed E-state index contributed by atoms with van der Waals surface area (Å²) in [6, 6.07) is 22.2. The van der Waals surface area contributed by atoms with Crippen LogP contribution in [0.25, 0.3) is 0 Å². The van der Waals surface area contributed by atoms with Crippen LogP contribution < -0.4 is 9.64 Å². The van der Waals surface area contributed by atoms with Crippen molar-refractivity contribution < 1.29 is 19.1 Å². The highest BCUT2D eigenvalue weighted by Gasteiger charge is 2.44. The zero-order valence-corrected chi connectivity index (χ0v) is 20.4. The lowest BCUT2D eigenvalue weighted by Crippen LogP contribution is -2.46. The highest BCUT2D eigenvalue weighted by atomic mass is 127. The van der Waals surface area contributed by atoms with Gasteiger partial charge in [-0.1, -0.05) is 48.0 Å². The maximum Gasteiger partial charge on any atom is 0.261 e. The average molecular weight is 575 g/mol. The minimum Gasteiger partial charge on any atom is -0.484 e. The second-order valence-corrected chi connectivity index (χ2v) is 9.13. The minimum atomic E-state index is -0.945. The van der Waals surface area contributed by atoms with Crippen LogP contribution in [0.2, 0.25) is 5.02 Å². The first-order valence-electron chi connectivity index (χ1n) is 10.3. The van der Waals surface area contributed by atoms with Gasteiger partial charge < -0.3 is 9.64 Å². The van der Waals surface area contributed by atoms with Crippen LogP contribution in [0, 0.1) is 3.57 Å². The molecule has 0 aliphatic carbocycles. The van der Waals surface area contributed by atoms with Gasteiger partial charge in [0.25, 0.3) is 11.8 Å². The van der Waals surface area contributed by atoms with E-state index in [0.717, 1.165) is 8.47 Å². The number of carbonyl (C=O) groups is 3. The summed E-state index contributed by atoms with van der Waals surface area (Å²) in [6.45, 7) is -0.184. The molecular formula is C25H20ClIN2O4. The van der Waals surface area contributed by atoms with Crippen molar-refractivity contribution in [3.63, 3.8) is 0 Å². The summed E-state index contributed by atoms with van der Waals surface area (Å²) in [6.07, 6.45) is -0.105. The van der Waals surface area contributed by atoms with Crippen LogP contribution >= 0.6 is 34.2 Å². The third-order valence-electron chi connectivity index (χ3n) is 5.31. The molecule has 33 heavy (non-hydrogen) atoms. The van der Waals surface area contributed by atoms with E-state index in [9.17, 15) is 14.4 Å². The molecule has 1 atom stereocenters. The first kappa shape index (κ1) is 23.3. The van der Waals surface area contributed by atoms with Gasteiger partial charge in [0.05, 0.1) is 12.1 Å². The standard InChI is InChI=1S/C25H20ClIN2O4/c26-21-9-5-4-6-17(21)15-28(24(31)16-33-20-7-2-1-3-8-20)22-14-23(30)29(25(22)32)19-12-10-18(27)11-13-19/h1-13,22H,14-16H2. The maximum absolute atomic E-state index is 13.3. The summed E-state index contributed by atoms with van der Waals surface area (Å²) in [5.41, 5.74) is 1.17. The number of nitrogens with zero attached hydrogens (tertiary/aromatic N) is 2. The lowest BCUT2D eigenvalue weighted by Gasteiger charge is -2.28. The molecule has 1 unspecified atom stereocenters. The molecule has 0 radical (unpaired) electrons. The average Bonchev–Trinajstić information content (AvgIpc) is 3.11. The maximum atomic E-state index is 13.3. The van der Waals surface area contributed by atoms with Gasteiger partial charge in [-0.05, 0) is 70.6 Å². The van der Waals surface area contributed by atoms with E-state index in [4.69, 9.17) is 16.3 Å². The van der Waals surface area contributed by atoms with Gasteiger partial charge >= 0.3 is 0 Å². The van der Waals surface area contributed by atoms with Gasteiger partial charge in [0, 0.05) is 15.1 Å². The molecule has 6 nitrogen and oxygen atoms in total. The number of amides is 3. The van der Waals surface area contributed by atoms with Crippen molar-refractivity contribution in [1.29, 1.82) is 0 Å². The number of hydrogen-bond acceptors (Lipinski definition) is 4. The first-order valence-corrected chi connectivity index (χ1v) is 11.7. The fourth-order valence-electron chi connectivity index (χ4n) is 3.65. The monoisotopic (exact) mass is 574 g/mol. The van der Waals surface area contributed by atoms with E-state index in [1.165, 1.54) is 4.90 Å². The third kappa shape index (κ3) is 5.36. The molecule has 0 spiro atoms. The number of ether oxygens (including phenoxy) is 1. The topological polar surface area (TPSA) is 66.9 Å². The van der Waals surface area contributed by atoms with E-state index >= 15 is 0 Å². The fraction of sp³-hybridized carbons (Fsp3) is 0.160. The number of anilines is 1. The van der Waals surface area contributed by atoms with Crippen molar-refractivity contribution >= 4 is 57.6 Å². The Hall–Kier alpha value is -2.91. The molecule has 0 N–H and O–H groups in total. The Morgan fingerprint density at radius 2 is 1.67 bits per heavy atom. The zero-order valence-electron chi connectivity index (χ0n) is 17.5. The normalized spacial score (nSPS) is 15.6. The number of para-hydroxylation sites is 1. The summed E-state index contributed by atoms with van der Waals surface area (Å²) in [4.78, 5) is 41.9. The van der Waals surface area contributed by atoms with Crippen LogP contribution in [0.4, 0.5) is 5.69 Å². The number of rotatable bonds is 7. The summed E-state index contributed by atoms with van der Waals surface area (Å²) < 4.78 is 6.61. The van der Waals surface area contributed by atoms with Gasteiger partial charge in [-0.3, -0.25) is 14.4 Å². The van der Waals surface area contributed by atoms with E-state index in [0.29, 0.717) is 22.0 Å². The molecule has 168 valence electrons. The SMILES string of the molecule is O=C1CC(N(Cc2ccccc2Cl)C(=O)COc2ccccc2)C(=O)N1c1ccc(I)cc1. The molecule has 0 aromatic heterocycles. The lowest BCUT2D eigenvalue weighted by atomic mass is 10.1. The van der Waals surface area contributed by atoms with Gasteiger partial charge in [0.15, 0.2) is 6.61 Å². The van der Waals surface area contributed by atoms with Gasteiger partial charge in [-0.2, -0.15) is 0 Å². The van der Waals surface area contributed by atoms with Gasteiger partial charge in [0.1, 0.15) is 11.8 Å². The van der Waals surface area contributed by atoms with Gasteiger partial charge in [-0.15, -0.1) is 0 Å². The summed E-state index contributed by atoms with van der Waals surface area (Å²) in [5.74, 6) is -0.666. The van der Waals surface area contributed by atoms with Gasteiger partial charge in [-0.25, -0.2) is 4.90 Å². The summed E-state index contributed by atoms with van der Waals surface area (Å²) in [7, 11) is 0. The van der Waals surface area contributed by atoms with Crippen molar-refractivity contribution in [1.82, 2.24) is 4.90 Å². The van der Waals surface area contributed by atoms with E-state index in [2.05, 4.69) is 22.6 Å². The molecule has 8 heteroatoms. The highest BCUT2D eigenvalue weighted by Crippen LogP contribution is 2.28. The Bertz CT molecular complexity index is 1170. The van der Waals surface area contributed by atoms with Crippen LogP contribution in [0.1, 0.15) is 12.0 Å². The van der Waals surface area contributed by atoms with Crippen LogP contribution in [0.3, 0.4) is 0 Å². The minimum absolute atomic E-state index is 0.0842. The summed E-state index contributed by atoms with van der Waals surface area (Å²) in [5, 5.41) is 0.477. The van der Waals surface area contributed by atoms with Crippen molar-refractivity contribution in [3.8, 4) is 5.75 Å². The Labute approximate surface area is 210 Å². The predicted octanol–water partition coefficient (Wildman–Crippen LogP) is 4.68. The van der Waals surface area contributed by atoms with E-state index in [1.54, 1.807) is 54.6 Å². The number of imide groups is 1. The Balaban J connectivity index is 1.60. The highest BCUT2D eigenvalue weighted by molar-refractivity contribution is 14.1. The molecule has 0 bridgehead atoms. The largest absolute Gasteiger partial charge is 0.484 e. The van der Waals surface area contributed by atoms with Crippen LogP contribution in [-0.4, -0.2) is 35.3 Å². The molecule has 1 saturated heterocycles. The molecule has 3 amide bonds. The van der Waals surface area contributed by atoms with Crippen molar-refractivity contribution in [2.45, 2.75) is 19.0 Å². The fourth-order valence-corrected chi connectivity index (χ4v) is 4.20. The van der Waals surface area contributed by atoms with E-state index in [-0.39, 0.29) is 25.5 Å². The molecule has 1 aliphatic rings. The molecule has 0 saturated carbocycles. The Kier molecular flexibility index (Phi) is 7.29. The second kappa shape index (κ2) is 10.4.